The molecule has 0 saturated heterocycles. The number of aliphatic hydroxyl groups excluding tert-OH is 1. The highest BCUT2D eigenvalue weighted by atomic mass is 79.9. The number of rotatable bonds is 4. The zero-order valence-electron chi connectivity index (χ0n) is 15.9. The van der Waals surface area contributed by atoms with Gasteiger partial charge in [0.25, 0.3) is 5.24 Å². The fourth-order valence-electron chi connectivity index (χ4n) is 4.31. The third-order valence-corrected chi connectivity index (χ3v) is 6.28. The first-order chi connectivity index (χ1) is 14.6. The van der Waals surface area contributed by atoms with Crippen LogP contribution >= 0.6 is 27.5 Å². The monoisotopic (exact) mass is 477 g/mol. The van der Waals surface area contributed by atoms with Crippen LogP contribution in [0.1, 0.15) is 10.4 Å². The zero-order chi connectivity index (χ0) is 20.8. The minimum Gasteiger partial charge on any atom is -0.395 e. The molecule has 0 spiro atoms. The molecular formula is C25H17BrClNO2. The summed E-state index contributed by atoms with van der Waals surface area (Å²) < 4.78 is 3.10. The van der Waals surface area contributed by atoms with Crippen LogP contribution in [0, 0.1) is 0 Å². The standard InChI is InChI=1S/C25H17BrClNO2/c26-17-7-10-20-19-8-6-16(13-22(19)28(11-12-29)23(20)14-17)24-18-4-2-1-3-15(18)5-9-21(24)25(27)30/h1-10,13-14,29H,11-12H2. The number of hydrogen-bond donors (Lipinski definition) is 1. The Morgan fingerprint density at radius 2 is 1.63 bits per heavy atom. The van der Waals surface area contributed by atoms with E-state index in [9.17, 15) is 9.90 Å². The molecule has 3 nitrogen and oxygen atoms in total. The average Bonchev–Trinajstić information content (AvgIpc) is 3.05. The molecule has 5 rings (SSSR count). The van der Waals surface area contributed by atoms with E-state index in [-0.39, 0.29) is 6.61 Å². The van der Waals surface area contributed by atoms with E-state index in [1.807, 2.05) is 42.5 Å². The molecule has 1 aromatic heterocycles. The van der Waals surface area contributed by atoms with E-state index in [0.29, 0.717) is 12.1 Å². The lowest BCUT2D eigenvalue weighted by Crippen LogP contribution is -2.01. The number of nitrogens with zero attached hydrogens (tertiary/aromatic N) is 1. The molecule has 0 fully saturated rings. The Hall–Kier alpha value is -2.66. The molecule has 1 heterocycles. The molecule has 0 amide bonds. The van der Waals surface area contributed by atoms with Crippen molar-refractivity contribution in [3.8, 4) is 11.1 Å². The first-order valence-electron chi connectivity index (χ1n) is 9.63. The topological polar surface area (TPSA) is 42.2 Å². The van der Waals surface area contributed by atoms with Crippen molar-refractivity contribution in [2.45, 2.75) is 6.54 Å². The summed E-state index contributed by atoms with van der Waals surface area (Å²) in [7, 11) is 0. The van der Waals surface area contributed by atoms with Gasteiger partial charge in [0, 0.05) is 38.4 Å². The molecule has 0 radical (unpaired) electrons. The van der Waals surface area contributed by atoms with Crippen LogP contribution in [-0.2, 0) is 6.54 Å². The maximum Gasteiger partial charge on any atom is 0.253 e. The van der Waals surface area contributed by atoms with Crippen molar-refractivity contribution in [2.24, 2.45) is 0 Å². The smallest absolute Gasteiger partial charge is 0.253 e. The zero-order valence-corrected chi connectivity index (χ0v) is 18.2. The summed E-state index contributed by atoms with van der Waals surface area (Å²) in [6.45, 7) is 0.520. The summed E-state index contributed by atoms with van der Waals surface area (Å²) in [5, 5.41) is 13.5. The molecule has 0 aliphatic carbocycles. The van der Waals surface area contributed by atoms with Crippen molar-refractivity contribution < 1.29 is 9.90 Å². The van der Waals surface area contributed by atoms with E-state index in [0.717, 1.165) is 48.2 Å². The second-order valence-corrected chi connectivity index (χ2v) is 8.51. The number of aromatic nitrogens is 1. The summed E-state index contributed by atoms with van der Waals surface area (Å²) in [4.78, 5) is 12.2. The Morgan fingerprint density at radius 1 is 0.900 bits per heavy atom. The second-order valence-electron chi connectivity index (χ2n) is 7.25. The molecule has 5 aromatic rings. The van der Waals surface area contributed by atoms with E-state index in [1.165, 1.54) is 0 Å². The van der Waals surface area contributed by atoms with Crippen LogP contribution in [0.25, 0.3) is 43.7 Å². The first-order valence-corrected chi connectivity index (χ1v) is 10.8. The lowest BCUT2D eigenvalue weighted by atomic mass is 9.93. The van der Waals surface area contributed by atoms with E-state index in [1.54, 1.807) is 6.07 Å². The molecule has 30 heavy (non-hydrogen) atoms. The van der Waals surface area contributed by atoms with Crippen LogP contribution in [-0.4, -0.2) is 21.5 Å². The average molecular weight is 479 g/mol. The summed E-state index contributed by atoms with van der Waals surface area (Å²) in [6.07, 6.45) is 0. The van der Waals surface area contributed by atoms with Gasteiger partial charge in [0.1, 0.15) is 0 Å². The van der Waals surface area contributed by atoms with Crippen molar-refractivity contribution >= 4 is 65.4 Å². The Morgan fingerprint density at radius 3 is 2.40 bits per heavy atom. The Labute approximate surface area is 186 Å². The Balaban J connectivity index is 1.87. The number of carbonyl (C=O) groups is 1. The highest BCUT2D eigenvalue weighted by Crippen LogP contribution is 2.37. The Kier molecular flexibility index (Phi) is 4.86. The van der Waals surface area contributed by atoms with Gasteiger partial charge < -0.3 is 9.67 Å². The van der Waals surface area contributed by atoms with Gasteiger partial charge in [-0.1, -0.05) is 64.5 Å². The Bertz CT molecular complexity index is 1450. The number of aliphatic hydroxyl groups is 1. The first kappa shape index (κ1) is 19.3. The van der Waals surface area contributed by atoms with Gasteiger partial charge in [-0.2, -0.15) is 0 Å². The lowest BCUT2D eigenvalue weighted by molar-refractivity contribution is 0.108. The maximum absolute atomic E-state index is 12.2. The van der Waals surface area contributed by atoms with E-state index >= 15 is 0 Å². The van der Waals surface area contributed by atoms with Crippen molar-refractivity contribution in [1.29, 1.82) is 0 Å². The predicted octanol–water partition coefficient (Wildman–Crippen LogP) is 6.75. The number of fused-ring (bicyclic) bond motifs is 4. The van der Waals surface area contributed by atoms with Gasteiger partial charge in [-0.25, -0.2) is 0 Å². The summed E-state index contributed by atoms with van der Waals surface area (Å²) in [6, 6.07) is 24.1. The van der Waals surface area contributed by atoms with Gasteiger partial charge in [-0.05, 0) is 52.2 Å². The van der Waals surface area contributed by atoms with Gasteiger partial charge in [-0.15, -0.1) is 0 Å². The van der Waals surface area contributed by atoms with E-state index in [4.69, 9.17) is 11.6 Å². The normalized spacial score (nSPS) is 11.6. The minimum absolute atomic E-state index is 0.0370. The van der Waals surface area contributed by atoms with Crippen molar-refractivity contribution in [3.05, 3.63) is 82.8 Å². The predicted molar refractivity (Wildman–Crippen MR) is 127 cm³/mol. The molecule has 0 saturated carbocycles. The third-order valence-electron chi connectivity index (χ3n) is 5.58. The molecule has 148 valence electrons. The molecular weight excluding hydrogens is 462 g/mol. The van der Waals surface area contributed by atoms with Crippen LogP contribution in [0.5, 0.6) is 0 Å². The van der Waals surface area contributed by atoms with Crippen LogP contribution in [0.15, 0.2) is 77.3 Å². The van der Waals surface area contributed by atoms with Crippen LogP contribution in [0.2, 0.25) is 0 Å². The van der Waals surface area contributed by atoms with Gasteiger partial charge in [0.05, 0.1) is 12.1 Å². The van der Waals surface area contributed by atoms with E-state index < -0.39 is 5.24 Å². The summed E-state index contributed by atoms with van der Waals surface area (Å²) in [5.74, 6) is 0. The molecule has 1 N–H and O–H groups in total. The van der Waals surface area contributed by atoms with Crippen molar-refractivity contribution in [3.63, 3.8) is 0 Å². The fraction of sp³-hybridized carbons (Fsp3) is 0.0800. The van der Waals surface area contributed by atoms with Crippen molar-refractivity contribution in [1.82, 2.24) is 4.57 Å². The van der Waals surface area contributed by atoms with E-state index in [2.05, 4.69) is 44.8 Å². The molecule has 4 aromatic carbocycles. The minimum atomic E-state index is -0.476. The number of hydrogen-bond acceptors (Lipinski definition) is 2. The van der Waals surface area contributed by atoms with Gasteiger partial charge >= 0.3 is 0 Å². The molecule has 5 heteroatoms. The largest absolute Gasteiger partial charge is 0.395 e. The number of benzene rings is 4. The number of carbonyl (C=O) groups excluding carboxylic acids is 1. The molecule has 0 aliphatic heterocycles. The quantitative estimate of drug-likeness (QED) is 0.290. The molecule has 0 aliphatic rings. The molecule has 0 atom stereocenters. The van der Waals surface area contributed by atoms with Crippen LogP contribution in [0.3, 0.4) is 0 Å². The highest BCUT2D eigenvalue weighted by molar-refractivity contribution is 9.10. The second kappa shape index (κ2) is 7.55. The summed E-state index contributed by atoms with van der Waals surface area (Å²) in [5.41, 5.74) is 4.30. The van der Waals surface area contributed by atoms with Crippen LogP contribution < -0.4 is 0 Å². The number of halogens is 2. The van der Waals surface area contributed by atoms with Crippen molar-refractivity contribution in [2.75, 3.05) is 6.61 Å². The van der Waals surface area contributed by atoms with Gasteiger partial charge in [0.15, 0.2) is 0 Å². The summed E-state index contributed by atoms with van der Waals surface area (Å²) >= 11 is 9.51. The highest BCUT2D eigenvalue weighted by Gasteiger charge is 2.17. The lowest BCUT2D eigenvalue weighted by Gasteiger charge is -2.12. The maximum atomic E-state index is 12.2. The SMILES string of the molecule is O=C(Cl)c1ccc2ccccc2c1-c1ccc2c3ccc(Br)cc3n(CCO)c2c1. The third kappa shape index (κ3) is 3.03. The van der Waals surface area contributed by atoms with Gasteiger partial charge in [0.2, 0.25) is 0 Å². The fourth-order valence-corrected chi connectivity index (χ4v) is 4.82. The van der Waals surface area contributed by atoms with Crippen LogP contribution in [0.4, 0.5) is 0 Å². The molecule has 0 unspecified atom stereocenters. The molecule has 0 bridgehead atoms. The van der Waals surface area contributed by atoms with Gasteiger partial charge in [-0.3, -0.25) is 4.79 Å².